The van der Waals surface area contributed by atoms with Crippen molar-refractivity contribution < 1.29 is 0 Å². The van der Waals surface area contributed by atoms with Gasteiger partial charge in [-0.3, -0.25) is 0 Å². The molecule has 4 aromatic carbocycles. The molecule has 4 unspecified atom stereocenters. The van der Waals surface area contributed by atoms with Crippen LogP contribution in [0.1, 0.15) is 54.4 Å². The van der Waals surface area contributed by atoms with E-state index in [4.69, 9.17) is 0 Å². The number of hydrogen-bond donors (Lipinski definition) is 0. The summed E-state index contributed by atoms with van der Waals surface area (Å²) in [7, 11) is 0. The van der Waals surface area contributed by atoms with Gasteiger partial charge in [0, 0.05) is 19.6 Å². The topological polar surface area (TPSA) is 0 Å². The summed E-state index contributed by atoms with van der Waals surface area (Å²) in [6.45, 7) is 4.41. The smallest absolute Gasteiger partial charge is 0.0519 e. The van der Waals surface area contributed by atoms with Crippen molar-refractivity contribution in [3.05, 3.63) is 94.0 Å². The summed E-state index contributed by atoms with van der Waals surface area (Å²) < 4.78 is 0. The van der Waals surface area contributed by atoms with Crippen LogP contribution in [0.15, 0.2) is 80.2 Å². The Morgan fingerprint density at radius 1 is 0.438 bits per heavy atom. The molecule has 0 fully saturated rings. The minimum atomic E-state index is 0.558. The summed E-state index contributed by atoms with van der Waals surface area (Å²) in [6, 6.07) is 24.0. The second-order valence-corrected chi connectivity index (χ2v) is 14.1. The molecule has 4 aromatic rings. The standard InChI is InChI=1S/C28H20S4/c1-13-3-5-17-21(7-13)29-27-19-9-15-12-24-20(10-16(15)11-23(19)31-25(17)27)28-26(32-24)18-6-4-14(2)8-22(18)30-28/h3-12,25-28H,1-2H3. The van der Waals surface area contributed by atoms with Gasteiger partial charge in [0.05, 0.1) is 21.0 Å². The largest absolute Gasteiger partial charge is 0.116 e. The minimum absolute atomic E-state index is 0.558. The molecule has 4 atom stereocenters. The molecular weight excluding hydrogens is 465 g/mol. The van der Waals surface area contributed by atoms with Crippen LogP contribution in [0, 0.1) is 13.8 Å². The van der Waals surface area contributed by atoms with E-state index < -0.39 is 0 Å². The highest BCUT2D eigenvalue weighted by Crippen LogP contribution is 2.68. The number of fused-ring (bicyclic) bond motifs is 11. The molecule has 0 amide bonds. The van der Waals surface area contributed by atoms with Crippen molar-refractivity contribution >= 4 is 57.8 Å². The van der Waals surface area contributed by atoms with E-state index in [0.717, 1.165) is 0 Å². The highest BCUT2D eigenvalue weighted by atomic mass is 32.2. The summed E-state index contributed by atoms with van der Waals surface area (Å²) in [5.41, 5.74) is 8.90. The molecule has 156 valence electrons. The monoisotopic (exact) mass is 484 g/mol. The summed E-state index contributed by atoms with van der Waals surface area (Å²) >= 11 is 8.32. The first-order valence-electron chi connectivity index (χ1n) is 11.1. The zero-order valence-corrected chi connectivity index (χ0v) is 21.0. The van der Waals surface area contributed by atoms with Gasteiger partial charge in [0.2, 0.25) is 0 Å². The quantitative estimate of drug-likeness (QED) is 0.244. The maximum Gasteiger partial charge on any atom is 0.0519 e. The average molecular weight is 485 g/mol. The summed E-state index contributed by atoms with van der Waals surface area (Å²) in [5.74, 6) is 0. The van der Waals surface area contributed by atoms with Gasteiger partial charge in [0.15, 0.2) is 0 Å². The predicted molar refractivity (Wildman–Crippen MR) is 141 cm³/mol. The van der Waals surface area contributed by atoms with Crippen LogP contribution in [0.25, 0.3) is 10.8 Å². The van der Waals surface area contributed by atoms with Crippen LogP contribution in [0.4, 0.5) is 0 Å². The van der Waals surface area contributed by atoms with Crippen molar-refractivity contribution in [3.8, 4) is 0 Å². The van der Waals surface area contributed by atoms with Crippen molar-refractivity contribution in [2.45, 2.75) is 54.4 Å². The van der Waals surface area contributed by atoms with Crippen LogP contribution < -0.4 is 0 Å². The molecule has 0 saturated carbocycles. The molecule has 0 aromatic heterocycles. The van der Waals surface area contributed by atoms with Crippen LogP contribution in [0.3, 0.4) is 0 Å². The summed E-state index contributed by atoms with van der Waals surface area (Å²) in [4.78, 5) is 5.96. The van der Waals surface area contributed by atoms with Crippen LogP contribution in [0.2, 0.25) is 0 Å². The minimum Gasteiger partial charge on any atom is -0.116 e. The van der Waals surface area contributed by atoms with E-state index in [1.54, 1.807) is 11.1 Å². The molecule has 0 nitrogen and oxygen atoms in total. The molecule has 32 heavy (non-hydrogen) atoms. The lowest BCUT2D eigenvalue weighted by Crippen LogP contribution is -1.93. The van der Waals surface area contributed by atoms with Gasteiger partial charge in [-0.25, -0.2) is 0 Å². The van der Waals surface area contributed by atoms with Crippen LogP contribution >= 0.6 is 47.0 Å². The van der Waals surface area contributed by atoms with Crippen LogP contribution in [0.5, 0.6) is 0 Å². The van der Waals surface area contributed by atoms with E-state index in [1.807, 2.05) is 0 Å². The van der Waals surface area contributed by atoms with Gasteiger partial charge < -0.3 is 0 Å². The normalized spacial score (nSPS) is 25.9. The Labute approximate surface area is 205 Å². The Hall–Kier alpha value is -1.46. The molecule has 4 aliphatic rings. The lowest BCUT2D eigenvalue weighted by molar-refractivity contribution is 0.936. The van der Waals surface area contributed by atoms with Gasteiger partial charge in [-0.15, -0.1) is 47.0 Å². The average Bonchev–Trinajstić information content (AvgIpc) is 3.48. The Kier molecular flexibility index (Phi) is 3.88. The molecule has 4 aliphatic heterocycles. The van der Waals surface area contributed by atoms with E-state index in [2.05, 4.69) is 122 Å². The van der Waals surface area contributed by atoms with E-state index >= 15 is 0 Å². The van der Waals surface area contributed by atoms with Gasteiger partial charge in [-0.05, 0) is 94.4 Å². The first-order valence-corrected chi connectivity index (χ1v) is 14.6. The van der Waals surface area contributed by atoms with E-state index in [1.165, 1.54) is 52.6 Å². The lowest BCUT2D eigenvalue weighted by Gasteiger charge is -2.11. The third kappa shape index (κ3) is 2.53. The molecule has 8 rings (SSSR count). The molecular formula is C28H20S4. The van der Waals surface area contributed by atoms with Crippen molar-refractivity contribution in [2.24, 2.45) is 0 Å². The summed E-state index contributed by atoms with van der Waals surface area (Å²) in [6.07, 6.45) is 0. The van der Waals surface area contributed by atoms with Gasteiger partial charge in [-0.1, -0.05) is 24.3 Å². The van der Waals surface area contributed by atoms with Crippen molar-refractivity contribution in [1.29, 1.82) is 0 Å². The molecule has 0 radical (unpaired) electrons. The zero-order valence-electron chi connectivity index (χ0n) is 17.7. The fraction of sp³-hybridized carbons (Fsp3) is 0.214. The summed E-state index contributed by atoms with van der Waals surface area (Å²) in [5, 5.41) is 5.08. The number of rotatable bonds is 0. The van der Waals surface area contributed by atoms with E-state index in [-0.39, 0.29) is 0 Å². The van der Waals surface area contributed by atoms with Gasteiger partial charge in [-0.2, -0.15) is 0 Å². The Morgan fingerprint density at radius 2 is 0.812 bits per heavy atom. The van der Waals surface area contributed by atoms with Crippen molar-refractivity contribution in [1.82, 2.24) is 0 Å². The molecule has 0 spiro atoms. The Balaban J connectivity index is 1.21. The molecule has 4 heterocycles. The first kappa shape index (κ1) is 18.9. The highest BCUT2D eigenvalue weighted by Gasteiger charge is 2.43. The molecule has 4 heteroatoms. The highest BCUT2D eigenvalue weighted by molar-refractivity contribution is 8.05. The molecule has 0 N–H and O–H groups in total. The van der Waals surface area contributed by atoms with Crippen LogP contribution in [-0.2, 0) is 0 Å². The maximum absolute atomic E-state index is 2.51. The SMILES string of the molecule is Cc1ccc2c(c1)SC1c3cc4cc5c(cc4cc3SC21)C1Sc2cc(C)ccc2C1S5. The lowest BCUT2D eigenvalue weighted by atomic mass is 9.97. The van der Waals surface area contributed by atoms with Gasteiger partial charge in [0.25, 0.3) is 0 Å². The Morgan fingerprint density at radius 3 is 1.25 bits per heavy atom. The third-order valence-corrected chi connectivity index (χ3v) is 13.1. The third-order valence-electron chi connectivity index (χ3n) is 7.23. The van der Waals surface area contributed by atoms with Crippen molar-refractivity contribution in [3.63, 3.8) is 0 Å². The van der Waals surface area contributed by atoms with Crippen LogP contribution in [-0.4, -0.2) is 0 Å². The fourth-order valence-corrected chi connectivity index (χ4v) is 12.3. The molecule has 0 aliphatic carbocycles. The predicted octanol–water partition coefficient (Wildman–Crippen LogP) is 9.44. The number of aryl methyl sites for hydroxylation is 2. The van der Waals surface area contributed by atoms with Gasteiger partial charge >= 0.3 is 0 Å². The second kappa shape index (κ2) is 6.56. The Bertz CT molecular complexity index is 1370. The number of hydrogen-bond acceptors (Lipinski definition) is 4. The first-order chi connectivity index (χ1) is 15.6. The second-order valence-electron chi connectivity index (χ2n) is 9.36. The van der Waals surface area contributed by atoms with E-state index in [0.29, 0.717) is 21.0 Å². The fourth-order valence-electron chi connectivity index (χ4n) is 5.65. The van der Waals surface area contributed by atoms with Crippen molar-refractivity contribution in [2.75, 3.05) is 0 Å². The van der Waals surface area contributed by atoms with Gasteiger partial charge in [0.1, 0.15) is 0 Å². The zero-order chi connectivity index (χ0) is 21.1. The molecule has 0 bridgehead atoms. The number of benzene rings is 4. The maximum atomic E-state index is 2.51. The van der Waals surface area contributed by atoms with E-state index in [9.17, 15) is 0 Å². The number of thioether (sulfide) groups is 4. The molecule has 0 saturated heterocycles.